The third-order valence-corrected chi connectivity index (χ3v) is 2.34. The van der Waals surface area contributed by atoms with Gasteiger partial charge in [0.05, 0.1) is 9.95 Å². The molecule has 94 valence electrons. The number of amides is 1. The minimum absolute atomic E-state index is 0.116. The van der Waals surface area contributed by atoms with Crippen LogP contribution in [0.4, 0.5) is 5.69 Å². The average Bonchev–Trinajstić information content (AvgIpc) is 2.29. The van der Waals surface area contributed by atoms with Crippen LogP contribution >= 0.6 is 11.6 Å². The van der Waals surface area contributed by atoms with E-state index < -0.39 is 4.92 Å². The Balaban J connectivity index is 2.81. The van der Waals surface area contributed by atoms with Crippen molar-refractivity contribution in [2.24, 2.45) is 0 Å². The van der Waals surface area contributed by atoms with Crippen molar-refractivity contribution in [2.75, 3.05) is 6.54 Å². The first-order chi connectivity index (χ1) is 8.52. The van der Waals surface area contributed by atoms with Gasteiger partial charge in [-0.15, -0.1) is 0 Å². The molecule has 0 aliphatic carbocycles. The lowest BCUT2D eigenvalue weighted by molar-refractivity contribution is -0.385. The SMILES string of the molecule is CC(=O)NCCC#Cc1c(Cl)cccc1[N+](=O)[O-]. The zero-order valence-corrected chi connectivity index (χ0v) is 10.5. The molecule has 0 fully saturated rings. The topological polar surface area (TPSA) is 72.2 Å². The molecule has 6 heteroatoms. The van der Waals surface area contributed by atoms with Crippen molar-refractivity contribution in [3.63, 3.8) is 0 Å². The minimum atomic E-state index is -0.524. The molecule has 0 unspecified atom stereocenters. The van der Waals surface area contributed by atoms with Crippen LogP contribution in [0.5, 0.6) is 0 Å². The van der Waals surface area contributed by atoms with Gasteiger partial charge < -0.3 is 5.32 Å². The van der Waals surface area contributed by atoms with E-state index in [1.165, 1.54) is 19.1 Å². The summed E-state index contributed by atoms with van der Waals surface area (Å²) in [6.07, 6.45) is 0.405. The number of halogens is 1. The van der Waals surface area contributed by atoms with Gasteiger partial charge in [0.25, 0.3) is 5.69 Å². The third-order valence-electron chi connectivity index (χ3n) is 2.03. The molecule has 0 aromatic heterocycles. The van der Waals surface area contributed by atoms with E-state index in [-0.39, 0.29) is 22.2 Å². The Morgan fingerprint density at radius 2 is 2.28 bits per heavy atom. The highest BCUT2D eigenvalue weighted by Gasteiger charge is 2.14. The number of benzene rings is 1. The third kappa shape index (κ3) is 4.07. The standard InChI is InChI=1S/C12H11ClN2O3/c1-9(16)14-8-3-2-5-10-11(13)6-4-7-12(10)15(17)18/h4,6-7H,3,8H2,1H3,(H,14,16). The number of hydrogen-bond donors (Lipinski definition) is 1. The first-order valence-corrected chi connectivity index (χ1v) is 5.56. The van der Waals surface area contributed by atoms with E-state index >= 15 is 0 Å². The number of carbonyl (C=O) groups excluding carboxylic acids is 1. The molecule has 0 saturated heterocycles. The lowest BCUT2D eigenvalue weighted by atomic mass is 10.2. The van der Waals surface area contributed by atoms with Gasteiger partial charge in [0.1, 0.15) is 5.56 Å². The molecule has 0 aliphatic rings. The quantitative estimate of drug-likeness (QED) is 0.394. The van der Waals surface area contributed by atoms with Gasteiger partial charge in [-0.05, 0) is 6.07 Å². The van der Waals surface area contributed by atoms with Gasteiger partial charge in [-0.3, -0.25) is 14.9 Å². The summed E-state index contributed by atoms with van der Waals surface area (Å²) in [7, 11) is 0. The predicted octanol–water partition coefficient (Wildman–Crippen LogP) is 2.13. The molecular formula is C12H11ClN2O3. The second-order valence-electron chi connectivity index (χ2n) is 3.43. The van der Waals surface area contributed by atoms with Gasteiger partial charge in [-0.1, -0.05) is 29.5 Å². The van der Waals surface area contributed by atoms with Crippen LogP contribution in [0.3, 0.4) is 0 Å². The molecular weight excluding hydrogens is 256 g/mol. The van der Waals surface area contributed by atoms with Gasteiger partial charge in [-0.25, -0.2) is 0 Å². The molecule has 0 saturated carbocycles. The predicted molar refractivity (Wildman–Crippen MR) is 68.3 cm³/mol. The molecule has 1 aromatic rings. The van der Waals surface area contributed by atoms with Crippen molar-refractivity contribution in [3.8, 4) is 11.8 Å². The van der Waals surface area contributed by atoms with Crippen molar-refractivity contribution in [1.82, 2.24) is 5.32 Å². The molecule has 0 spiro atoms. The summed E-state index contributed by atoms with van der Waals surface area (Å²) in [6.45, 7) is 1.81. The average molecular weight is 267 g/mol. The summed E-state index contributed by atoms with van der Waals surface area (Å²) in [5.74, 6) is 5.26. The highest BCUT2D eigenvalue weighted by molar-refractivity contribution is 6.32. The van der Waals surface area contributed by atoms with E-state index in [9.17, 15) is 14.9 Å². The van der Waals surface area contributed by atoms with E-state index in [0.29, 0.717) is 13.0 Å². The molecule has 0 heterocycles. The van der Waals surface area contributed by atoms with E-state index in [1.807, 2.05) is 0 Å². The summed E-state index contributed by atoms with van der Waals surface area (Å²) in [5, 5.41) is 13.6. The number of carbonyl (C=O) groups is 1. The van der Waals surface area contributed by atoms with Gasteiger partial charge >= 0.3 is 0 Å². The number of nitro benzene ring substituents is 1. The lowest BCUT2D eigenvalue weighted by Crippen LogP contribution is -2.20. The molecule has 0 bridgehead atoms. The maximum absolute atomic E-state index is 10.8. The highest BCUT2D eigenvalue weighted by Crippen LogP contribution is 2.24. The number of nitrogens with zero attached hydrogens (tertiary/aromatic N) is 1. The summed E-state index contributed by atoms with van der Waals surface area (Å²) >= 11 is 5.86. The van der Waals surface area contributed by atoms with Gasteiger partial charge in [0, 0.05) is 26.0 Å². The Kier molecular flexibility index (Phi) is 5.15. The van der Waals surface area contributed by atoms with Crippen LogP contribution in [0.25, 0.3) is 0 Å². The van der Waals surface area contributed by atoms with Crippen LogP contribution in [0.1, 0.15) is 18.9 Å². The first kappa shape index (κ1) is 14.0. The van der Waals surface area contributed by atoms with Crippen LogP contribution in [0, 0.1) is 22.0 Å². The monoisotopic (exact) mass is 266 g/mol. The molecule has 1 rings (SSSR count). The number of hydrogen-bond acceptors (Lipinski definition) is 3. The van der Waals surface area contributed by atoms with Crippen LogP contribution in [0.2, 0.25) is 5.02 Å². The van der Waals surface area contributed by atoms with E-state index in [4.69, 9.17) is 11.6 Å². The molecule has 1 amide bonds. The van der Waals surface area contributed by atoms with E-state index in [0.717, 1.165) is 0 Å². The zero-order chi connectivity index (χ0) is 13.5. The zero-order valence-electron chi connectivity index (χ0n) is 9.70. The molecule has 0 aliphatic heterocycles. The summed E-state index contributed by atoms with van der Waals surface area (Å²) in [5.41, 5.74) is 0.0847. The molecule has 1 aromatic carbocycles. The highest BCUT2D eigenvalue weighted by atomic mass is 35.5. The van der Waals surface area contributed by atoms with Crippen LogP contribution in [0.15, 0.2) is 18.2 Å². The Hall–Kier alpha value is -2.06. The van der Waals surface area contributed by atoms with Crippen molar-refractivity contribution in [1.29, 1.82) is 0 Å². The smallest absolute Gasteiger partial charge is 0.286 e. The Labute approximate surface area is 109 Å². The van der Waals surface area contributed by atoms with Crippen LogP contribution < -0.4 is 5.32 Å². The fourth-order valence-corrected chi connectivity index (χ4v) is 1.46. The van der Waals surface area contributed by atoms with Crippen molar-refractivity contribution < 1.29 is 9.72 Å². The number of nitro groups is 1. The second-order valence-corrected chi connectivity index (χ2v) is 3.83. The Bertz CT molecular complexity index is 532. The Morgan fingerprint density at radius 1 is 1.56 bits per heavy atom. The van der Waals surface area contributed by atoms with Gasteiger partial charge in [0.15, 0.2) is 0 Å². The Morgan fingerprint density at radius 3 is 2.89 bits per heavy atom. The fraction of sp³-hybridized carbons (Fsp3) is 0.250. The largest absolute Gasteiger partial charge is 0.355 e. The second kappa shape index (κ2) is 6.62. The van der Waals surface area contributed by atoms with Crippen molar-refractivity contribution >= 4 is 23.2 Å². The first-order valence-electron chi connectivity index (χ1n) is 5.18. The fourth-order valence-electron chi connectivity index (χ4n) is 1.24. The van der Waals surface area contributed by atoms with Crippen LogP contribution in [-0.4, -0.2) is 17.4 Å². The van der Waals surface area contributed by atoms with E-state index in [1.54, 1.807) is 6.07 Å². The molecule has 0 radical (unpaired) electrons. The van der Waals surface area contributed by atoms with Gasteiger partial charge in [-0.2, -0.15) is 0 Å². The summed E-state index contributed by atoms with van der Waals surface area (Å²) in [6, 6.07) is 4.40. The summed E-state index contributed by atoms with van der Waals surface area (Å²) in [4.78, 5) is 20.9. The molecule has 1 N–H and O–H groups in total. The van der Waals surface area contributed by atoms with Crippen molar-refractivity contribution in [3.05, 3.63) is 38.9 Å². The van der Waals surface area contributed by atoms with Crippen LogP contribution in [-0.2, 0) is 4.79 Å². The summed E-state index contributed by atoms with van der Waals surface area (Å²) < 4.78 is 0. The lowest BCUT2D eigenvalue weighted by Gasteiger charge is -1.98. The molecule has 18 heavy (non-hydrogen) atoms. The number of rotatable bonds is 3. The number of nitrogens with one attached hydrogen (secondary N) is 1. The molecule has 0 atom stereocenters. The maximum atomic E-state index is 10.8. The van der Waals surface area contributed by atoms with Gasteiger partial charge in [0.2, 0.25) is 5.91 Å². The molecule has 5 nitrogen and oxygen atoms in total. The normalized spacial score (nSPS) is 9.22. The van der Waals surface area contributed by atoms with E-state index in [2.05, 4.69) is 17.2 Å². The van der Waals surface area contributed by atoms with Crippen molar-refractivity contribution in [2.45, 2.75) is 13.3 Å². The minimum Gasteiger partial charge on any atom is -0.355 e. The maximum Gasteiger partial charge on any atom is 0.286 e.